The van der Waals surface area contributed by atoms with Crippen molar-refractivity contribution < 1.29 is 14.3 Å². The maximum Gasteiger partial charge on any atom is 0.258 e. The number of carbonyl (C=O) groups is 1. The Hall–Kier alpha value is -2.71. The molecular weight excluding hydrogens is 433 g/mol. The number of halogens is 2. The van der Waals surface area contributed by atoms with Crippen LogP contribution in [0.4, 0.5) is 4.39 Å². The van der Waals surface area contributed by atoms with Gasteiger partial charge in [0.1, 0.15) is 11.6 Å². The predicted octanol–water partition coefficient (Wildman–Crippen LogP) is 4.15. The van der Waals surface area contributed by atoms with Crippen molar-refractivity contribution in [2.75, 3.05) is 6.54 Å². The van der Waals surface area contributed by atoms with Crippen molar-refractivity contribution in [1.82, 2.24) is 24.8 Å². The molecule has 0 aliphatic carbocycles. The third-order valence-corrected chi connectivity index (χ3v) is 6.54. The van der Waals surface area contributed by atoms with Gasteiger partial charge in [0, 0.05) is 17.7 Å². The number of aromatic hydroxyl groups is 1. The van der Waals surface area contributed by atoms with Crippen LogP contribution in [-0.4, -0.2) is 43.1 Å². The minimum absolute atomic E-state index is 0.0619. The zero-order valence-corrected chi connectivity index (χ0v) is 19.2. The number of amides is 1. The van der Waals surface area contributed by atoms with Crippen LogP contribution >= 0.6 is 11.6 Å². The molecule has 3 aromatic rings. The van der Waals surface area contributed by atoms with Crippen molar-refractivity contribution in [2.45, 2.75) is 59.2 Å². The number of aromatic nitrogens is 3. The molecule has 1 amide bonds. The highest BCUT2D eigenvalue weighted by Gasteiger charge is 2.31. The van der Waals surface area contributed by atoms with E-state index in [1.807, 2.05) is 13.8 Å². The number of phenolic OH excluding ortho intramolecular Hbond substituents is 1. The standard InChI is InChI=1S/C17H14ClFN4O2.C6H13N/c1-8-15(18)9(2)23-16(20-8)12-6-22(7-13(12)21-23)17(25)11-4-3-10(19)5-14(11)24;1-6-4-2-3-5-7-6/h3-5,24H,6-7H2,1-2H3;6-7H,2-5H2,1H3/t;6-/m.0/s1. The highest BCUT2D eigenvalue weighted by atomic mass is 35.5. The van der Waals surface area contributed by atoms with Gasteiger partial charge in [-0.05, 0) is 52.3 Å². The minimum atomic E-state index is -0.594. The molecule has 0 bridgehead atoms. The second kappa shape index (κ2) is 9.03. The number of aryl methyl sites for hydroxylation is 2. The van der Waals surface area contributed by atoms with Gasteiger partial charge in [-0.15, -0.1) is 0 Å². The van der Waals surface area contributed by atoms with Crippen molar-refractivity contribution in [1.29, 1.82) is 0 Å². The lowest BCUT2D eigenvalue weighted by Crippen LogP contribution is -2.30. The summed E-state index contributed by atoms with van der Waals surface area (Å²) < 4.78 is 14.8. The summed E-state index contributed by atoms with van der Waals surface area (Å²) in [6.45, 7) is 7.79. The Kier molecular flexibility index (Phi) is 6.35. The summed E-state index contributed by atoms with van der Waals surface area (Å²) in [5, 5.41) is 18.3. The molecule has 4 heterocycles. The molecule has 1 fully saturated rings. The highest BCUT2D eigenvalue weighted by Crippen LogP contribution is 2.31. The van der Waals surface area contributed by atoms with Crippen molar-refractivity contribution in [2.24, 2.45) is 0 Å². The SMILES string of the molecule is C[C@H]1CCCCN1.Cc1nc2c3c(nn2c(C)c1Cl)CN(C(=O)c1ccc(F)cc1O)C3. The van der Waals surface area contributed by atoms with Crippen LogP contribution < -0.4 is 5.32 Å². The van der Waals surface area contributed by atoms with E-state index in [-0.39, 0.29) is 17.2 Å². The first-order valence-electron chi connectivity index (χ1n) is 10.8. The summed E-state index contributed by atoms with van der Waals surface area (Å²) >= 11 is 6.22. The molecule has 32 heavy (non-hydrogen) atoms. The number of benzene rings is 1. The third kappa shape index (κ3) is 4.29. The van der Waals surface area contributed by atoms with Gasteiger partial charge in [-0.3, -0.25) is 4.79 Å². The largest absolute Gasteiger partial charge is 0.507 e. The number of rotatable bonds is 1. The van der Waals surface area contributed by atoms with Gasteiger partial charge in [0.2, 0.25) is 0 Å². The second-order valence-corrected chi connectivity index (χ2v) is 8.81. The second-order valence-electron chi connectivity index (χ2n) is 8.43. The Bertz CT molecular complexity index is 1170. The molecule has 9 heteroatoms. The molecule has 2 aliphatic rings. The summed E-state index contributed by atoms with van der Waals surface area (Å²) in [5.74, 6) is -1.35. The molecule has 1 saturated heterocycles. The Balaban J connectivity index is 0.000000300. The summed E-state index contributed by atoms with van der Waals surface area (Å²) in [7, 11) is 0. The van der Waals surface area contributed by atoms with Crippen molar-refractivity contribution in [3.63, 3.8) is 0 Å². The molecule has 170 valence electrons. The lowest BCUT2D eigenvalue weighted by Gasteiger charge is -2.18. The molecule has 0 unspecified atom stereocenters. The molecule has 0 spiro atoms. The van der Waals surface area contributed by atoms with Crippen LogP contribution in [0.5, 0.6) is 5.75 Å². The number of piperidine rings is 1. The summed E-state index contributed by atoms with van der Waals surface area (Å²) in [4.78, 5) is 18.7. The van der Waals surface area contributed by atoms with Gasteiger partial charge in [0.25, 0.3) is 5.91 Å². The lowest BCUT2D eigenvalue weighted by molar-refractivity contribution is 0.0746. The topological polar surface area (TPSA) is 82.8 Å². The van der Waals surface area contributed by atoms with Gasteiger partial charge in [0.15, 0.2) is 5.65 Å². The number of hydrogen-bond acceptors (Lipinski definition) is 5. The van der Waals surface area contributed by atoms with E-state index in [0.29, 0.717) is 29.5 Å². The van der Waals surface area contributed by atoms with E-state index in [4.69, 9.17) is 11.6 Å². The minimum Gasteiger partial charge on any atom is -0.507 e. The van der Waals surface area contributed by atoms with Crippen LogP contribution in [0, 0.1) is 19.7 Å². The molecule has 2 aliphatic heterocycles. The van der Waals surface area contributed by atoms with Gasteiger partial charge in [-0.2, -0.15) is 5.10 Å². The van der Waals surface area contributed by atoms with Gasteiger partial charge < -0.3 is 15.3 Å². The first kappa shape index (κ1) is 22.5. The van der Waals surface area contributed by atoms with E-state index < -0.39 is 5.82 Å². The Morgan fingerprint density at radius 2 is 2.06 bits per heavy atom. The number of phenols is 1. The number of nitrogens with zero attached hydrogens (tertiary/aromatic N) is 4. The summed E-state index contributed by atoms with van der Waals surface area (Å²) in [6.07, 6.45) is 4.18. The van der Waals surface area contributed by atoms with E-state index in [9.17, 15) is 14.3 Å². The molecule has 0 radical (unpaired) electrons. The van der Waals surface area contributed by atoms with Crippen LogP contribution in [0.2, 0.25) is 5.02 Å². The Morgan fingerprint density at radius 1 is 1.28 bits per heavy atom. The quantitative estimate of drug-likeness (QED) is 0.571. The smallest absolute Gasteiger partial charge is 0.258 e. The van der Waals surface area contributed by atoms with E-state index in [1.54, 1.807) is 9.42 Å². The maximum atomic E-state index is 13.1. The normalized spacial score (nSPS) is 17.8. The average Bonchev–Trinajstić information content (AvgIpc) is 3.32. The van der Waals surface area contributed by atoms with E-state index in [2.05, 4.69) is 22.3 Å². The van der Waals surface area contributed by atoms with Crippen LogP contribution in [0.25, 0.3) is 5.65 Å². The zero-order chi connectivity index (χ0) is 23.0. The number of nitrogens with one attached hydrogen (secondary N) is 1. The lowest BCUT2D eigenvalue weighted by atomic mass is 10.1. The van der Waals surface area contributed by atoms with Crippen LogP contribution in [0.15, 0.2) is 18.2 Å². The third-order valence-electron chi connectivity index (χ3n) is 5.99. The fourth-order valence-corrected chi connectivity index (χ4v) is 4.26. The average molecular weight is 460 g/mol. The number of hydrogen-bond donors (Lipinski definition) is 2. The van der Waals surface area contributed by atoms with E-state index in [1.165, 1.54) is 31.9 Å². The van der Waals surface area contributed by atoms with Crippen LogP contribution in [-0.2, 0) is 13.1 Å². The van der Waals surface area contributed by atoms with Crippen LogP contribution in [0.3, 0.4) is 0 Å². The zero-order valence-electron chi connectivity index (χ0n) is 18.5. The number of carbonyl (C=O) groups excluding carboxylic acids is 1. The molecular formula is C23H27ClFN5O2. The first-order valence-corrected chi connectivity index (χ1v) is 11.2. The van der Waals surface area contributed by atoms with Gasteiger partial charge in [-0.25, -0.2) is 13.9 Å². The van der Waals surface area contributed by atoms with E-state index >= 15 is 0 Å². The molecule has 0 saturated carbocycles. The van der Waals surface area contributed by atoms with E-state index in [0.717, 1.165) is 35.1 Å². The predicted molar refractivity (Wildman–Crippen MR) is 120 cm³/mol. The Morgan fingerprint density at radius 3 is 2.69 bits per heavy atom. The van der Waals surface area contributed by atoms with Gasteiger partial charge in [-0.1, -0.05) is 18.0 Å². The molecule has 2 N–H and O–H groups in total. The van der Waals surface area contributed by atoms with Crippen molar-refractivity contribution in [3.05, 3.63) is 57.2 Å². The van der Waals surface area contributed by atoms with Gasteiger partial charge >= 0.3 is 0 Å². The summed E-state index contributed by atoms with van der Waals surface area (Å²) in [5.41, 5.74) is 3.84. The van der Waals surface area contributed by atoms with Crippen LogP contribution in [0.1, 0.15) is 59.2 Å². The number of fused-ring (bicyclic) bond motifs is 3. The highest BCUT2D eigenvalue weighted by molar-refractivity contribution is 6.31. The van der Waals surface area contributed by atoms with Crippen molar-refractivity contribution in [3.8, 4) is 5.75 Å². The molecule has 1 aromatic carbocycles. The molecule has 7 nitrogen and oxygen atoms in total. The Labute approximate surface area is 191 Å². The molecule has 5 rings (SSSR count). The first-order chi connectivity index (χ1) is 15.3. The van der Waals surface area contributed by atoms with Crippen molar-refractivity contribution >= 4 is 23.2 Å². The maximum absolute atomic E-state index is 13.1. The monoisotopic (exact) mass is 459 g/mol. The molecule has 1 atom stereocenters. The summed E-state index contributed by atoms with van der Waals surface area (Å²) in [6, 6.07) is 4.14. The molecule has 2 aromatic heterocycles. The fourth-order valence-electron chi connectivity index (χ4n) is 4.14. The fraction of sp³-hybridized carbons (Fsp3) is 0.435. The van der Waals surface area contributed by atoms with Gasteiger partial charge in [0.05, 0.1) is 40.8 Å².